The summed E-state index contributed by atoms with van der Waals surface area (Å²) in [5.74, 6) is 1.04. The summed E-state index contributed by atoms with van der Waals surface area (Å²) in [6, 6.07) is 11.4. The molecular formula is C20H27N5O2. The van der Waals surface area contributed by atoms with E-state index >= 15 is 0 Å². The number of aromatic nitrogens is 2. The Hall–Kier alpha value is -2.51. The Morgan fingerprint density at radius 2 is 1.93 bits per heavy atom. The lowest BCUT2D eigenvalue weighted by Crippen LogP contribution is -2.41. The van der Waals surface area contributed by atoms with E-state index in [-0.39, 0.29) is 5.91 Å². The molecule has 1 aromatic heterocycles. The van der Waals surface area contributed by atoms with Crippen molar-refractivity contribution in [2.75, 3.05) is 51.3 Å². The highest BCUT2D eigenvalue weighted by Gasteiger charge is 2.14. The van der Waals surface area contributed by atoms with Crippen LogP contribution in [0.1, 0.15) is 23.8 Å². The van der Waals surface area contributed by atoms with E-state index in [4.69, 9.17) is 4.74 Å². The van der Waals surface area contributed by atoms with Crippen molar-refractivity contribution in [1.82, 2.24) is 20.2 Å². The molecule has 0 bridgehead atoms. The number of nitrogens with one attached hydrogen (secondary N) is 2. The molecule has 1 fully saturated rings. The summed E-state index contributed by atoms with van der Waals surface area (Å²) >= 11 is 0. The Balaban J connectivity index is 1.69. The van der Waals surface area contributed by atoms with Crippen LogP contribution in [0, 0.1) is 0 Å². The number of morpholine rings is 1. The fraction of sp³-hybridized carbons (Fsp3) is 0.450. The quantitative estimate of drug-likeness (QED) is 0.741. The number of hydrogen-bond donors (Lipinski definition) is 2. The summed E-state index contributed by atoms with van der Waals surface area (Å²) in [5, 5.41) is 6.22. The molecular weight excluding hydrogens is 342 g/mol. The zero-order valence-corrected chi connectivity index (χ0v) is 15.8. The Bertz CT molecular complexity index is 732. The van der Waals surface area contributed by atoms with Gasteiger partial charge in [0.1, 0.15) is 11.5 Å². The van der Waals surface area contributed by atoms with E-state index in [2.05, 4.69) is 32.4 Å². The normalized spacial score (nSPS) is 14.7. The van der Waals surface area contributed by atoms with Crippen LogP contribution in [0.3, 0.4) is 0 Å². The molecule has 0 atom stereocenters. The van der Waals surface area contributed by atoms with Crippen LogP contribution in [0.25, 0.3) is 11.4 Å². The van der Waals surface area contributed by atoms with Gasteiger partial charge in [-0.2, -0.15) is 0 Å². The number of rotatable bonds is 8. The topological polar surface area (TPSA) is 79.4 Å². The zero-order chi connectivity index (χ0) is 18.9. The molecule has 144 valence electrons. The first-order valence-corrected chi connectivity index (χ1v) is 9.53. The van der Waals surface area contributed by atoms with Crippen molar-refractivity contribution in [3.05, 3.63) is 42.1 Å². The van der Waals surface area contributed by atoms with E-state index in [0.717, 1.165) is 51.4 Å². The lowest BCUT2D eigenvalue weighted by Gasteiger charge is -2.26. The van der Waals surface area contributed by atoms with Crippen molar-refractivity contribution in [2.45, 2.75) is 13.3 Å². The van der Waals surface area contributed by atoms with E-state index < -0.39 is 0 Å². The third kappa shape index (κ3) is 5.74. The van der Waals surface area contributed by atoms with Crippen LogP contribution < -0.4 is 10.6 Å². The fourth-order valence-electron chi connectivity index (χ4n) is 2.87. The first kappa shape index (κ1) is 19.3. The van der Waals surface area contributed by atoms with Crippen LogP contribution in [0.5, 0.6) is 0 Å². The average molecular weight is 369 g/mol. The maximum absolute atomic E-state index is 12.6. The van der Waals surface area contributed by atoms with Gasteiger partial charge in [-0.05, 0) is 6.42 Å². The number of ether oxygens (including phenoxy) is 1. The van der Waals surface area contributed by atoms with Gasteiger partial charge >= 0.3 is 0 Å². The van der Waals surface area contributed by atoms with Gasteiger partial charge in [-0.3, -0.25) is 9.69 Å². The third-order valence-electron chi connectivity index (χ3n) is 4.36. The van der Waals surface area contributed by atoms with Crippen molar-refractivity contribution in [3.8, 4) is 11.4 Å². The fourth-order valence-corrected chi connectivity index (χ4v) is 2.87. The van der Waals surface area contributed by atoms with Gasteiger partial charge in [0, 0.05) is 44.4 Å². The smallest absolute Gasteiger partial charge is 0.270 e. The molecule has 1 saturated heterocycles. The van der Waals surface area contributed by atoms with Gasteiger partial charge in [-0.25, -0.2) is 9.97 Å². The highest BCUT2D eigenvalue weighted by Crippen LogP contribution is 2.18. The maximum Gasteiger partial charge on any atom is 0.270 e. The number of amides is 1. The molecule has 1 aliphatic heterocycles. The minimum absolute atomic E-state index is 0.178. The summed E-state index contributed by atoms with van der Waals surface area (Å²) in [6.07, 6.45) is 0.978. The summed E-state index contributed by atoms with van der Waals surface area (Å²) in [4.78, 5) is 23.9. The summed E-state index contributed by atoms with van der Waals surface area (Å²) in [7, 11) is 0. The van der Waals surface area contributed by atoms with E-state index in [1.807, 2.05) is 30.3 Å². The molecule has 7 nitrogen and oxygen atoms in total. The van der Waals surface area contributed by atoms with E-state index in [1.165, 1.54) is 0 Å². The Morgan fingerprint density at radius 3 is 2.67 bits per heavy atom. The minimum atomic E-state index is -0.178. The number of carbonyl (C=O) groups is 1. The predicted octanol–water partition coefficient (Wildman–Crippen LogP) is 2.03. The van der Waals surface area contributed by atoms with Gasteiger partial charge in [0.15, 0.2) is 5.82 Å². The minimum Gasteiger partial charge on any atom is -0.379 e. The van der Waals surface area contributed by atoms with Gasteiger partial charge in [-0.15, -0.1) is 0 Å². The summed E-state index contributed by atoms with van der Waals surface area (Å²) in [6.45, 7) is 7.61. The third-order valence-corrected chi connectivity index (χ3v) is 4.36. The summed E-state index contributed by atoms with van der Waals surface area (Å²) in [5.41, 5.74) is 1.27. The number of hydrogen-bond acceptors (Lipinski definition) is 6. The number of anilines is 1. The second-order valence-electron chi connectivity index (χ2n) is 6.46. The van der Waals surface area contributed by atoms with Crippen molar-refractivity contribution in [3.63, 3.8) is 0 Å². The van der Waals surface area contributed by atoms with Gasteiger partial charge in [0.2, 0.25) is 0 Å². The molecule has 0 spiro atoms. The lowest BCUT2D eigenvalue weighted by molar-refractivity contribution is 0.0383. The Morgan fingerprint density at radius 1 is 1.15 bits per heavy atom. The molecule has 2 N–H and O–H groups in total. The van der Waals surface area contributed by atoms with Crippen LogP contribution in [0.2, 0.25) is 0 Å². The van der Waals surface area contributed by atoms with Gasteiger partial charge < -0.3 is 15.4 Å². The predicted molar refractivity (Wildman–Crippen MR) is 106 cm³/mol. The van der Waals surface area contributed by atoms with Crippen LogP contribution in [-0.4, -0.2) is 66.7 Å². The van der Waals surface area contributed by atoms with Gasteiger partial charge in [0.25, 0.3) is 5.91 Å². The molecule has 2 heterocycles. The second kappa shape index (κ2) is 9.99. The van der Waals surface area contributed by atoms with Crippen LogP contribution >= 0.6 is 0 Å². The molecule has 3 rings (SSSR count). The van der Waals surface area contributed by atoms with Crippen LogP contribution in [-0.2, 0) is 4.74 Å². The van der Waals surface area contributed by atoms with Gasteiger partial charge in [-0.1, -0.05) is 37.3 Å². The molecule has 1 amide bonds. The standard InChI is InChI=1S/C20H27N5O2/c1-2-8-21-18-15-17(23-19(24-18)16-6-4-3-5-7-16)20(26)22-9-10-25-11-13-27-14-12-25/h3-7,15H,2,8-14H2,1H3,(H,22,26)(H,21,23,24). The molecule has 1 aromatic carbocycles. The molecule has 0 saturated carbocycles. The van der Waals surface area contributed by atoms with Crippen molar-refractivity contribution < 1.29 is 9.53 Å². The highest BCUT2D eigenvalue weighted by atomic mass is 16.5. The van der Waals surface area contributed by atoms with Gasteiger partial charge in [0.05, 0.1) is 13.2 Å². The molecule has 1 aliphatic rings. The van der Waals surface area contributed by atoms with E-state index in [1.54, 1.807) is 6.07 Å². The molecule has 7 heteroatoms. The van der Waals surface area contributed by atoms with E-state index in [9.17, 15) is 4.79 Å². The largest absolute Gasteiger partial charge is 0.379 e. The first-order valence-electron chi connectivity index (χ1n) is 9.53. The second-order valence-corrected chi connectivity index (χ2v) is 6.46. The van der Waals surface area contributed by atoms with Crippen LogP contribution in [0.4, 0.5) is 5.82 Å². The molecule has 0 unspecified atom stereocenters. The molecule has 0 radical (unpaired) electrons. The average Bonchev–Trinajstić information content (AvgIpc) is 2.73. The first-order chi connectivity index (χ1) is 13.3. The molecule has 0 aliphatic carbocycles. The number of carbonyl (C=O) groups excluding carboxylic acids is 1. The Labute approximate surface area is 160 Å². The SMILES string of the molecule is CCCNc1cc(C(=O)NCCN2CCOCC2)nc(-c2ccccc2)n1. The van der Waals surface area contributed by atoms with Crippen molar-refractivity contribution in [1.29, 1.82) is 0 Å². The van der Waals surface area contributed by atoms with E-state index in [0.29, 0.717) is 23.9 Å². The maximum atomic E-state index is 12.6. The monoisotopic (exact) mass is 369 g/mol. The molecule has 27 heavy (non-hydrogen) atoms. The molecule has 2 aromatic rings. The van der Waals surface area contributed by atoms with Crippen molar-refractivity contribution >= 4 is 11.7 Å². The number of benzene rings is 1. The Kier molecular flexibility index (Phi) is 7.12. The van der Waals surface area contributed by atoms with Crippen molar-refractivity contribution in [2.24, 2.45) is 0 Å². The number of nitrogens with zero attached hydrogens (tertiary/aromatic N) is 3. The zero-order valence-electron chi connectivity index (χ0n) is 15.8. The summed E-state index contributed by atoms with van der Waals surface area (Å²) < 4.78 is 5.34. The lowest BCUT2D eigenvalue weighted by atomic mass is 10.2. The highest BCUT2D eigenvalue weighted by molar-refractivity contribution is 5.93. The van der Waals surface area contributed by atoms with Crippen LogP contribution in [0.15, 0.2) is 36.4 Å².